The zero-order valence-corrected chi connectivity index (χ0v) is 13.3. The van der Waals surface area contributed by atoms with Crippen LogP contribution in [-0.4, -0.2) is 32.3 Å². The lowest BCUT2D eigenvalue weighted by atomic mass is 9.96. The van der Waals surface area contributed by atoms with Crippen LogP contribution in [0.4, 0.5) is 0 Å². The van der Waals surface area contributed by atoms with E-state index < -0.39 is 0 Å². The molecule has 0 spiro atoms. The molecule has 1 saturated heterocycles. The van der Waals surface area contributed by atoms with Gasteiger partial charge in [-0.3, -0.25) is 4.79 Å². The lowest BCUT2D eigenvalue weighted by Gasteiger charge is -2.28. The molecule has 1 aromatic rings. The topological polar surface area (TPSA) is 40.0 Å². The lowest BCUT2D eigenvalue weighted by Crippen LogP contribution is -3.11. The third-order valence-corrected chi connectivity index (χ3v) is 4.08. The molecule has 4 nitrogen and oxygen atoms in total. The molecular formula is C18H26NO3+. The molecule has 1 N–H and O–H groups in total. The van der Waals surface area contributed by atoms with Gasteiger partial charge in [0.1, 0.15) is 18.9 Å². The van der Waals surface area contributed by atoms with Gasteiger partial charge in [-0.25, -0.2) is 0 Å². The molecule has 0 atom stereocenters. The van der Waals surface area contributed by atoms with Gasteiger partial charge in [-0.2, -0.15) is 0 Å². The van der Waals surface area contributed by atoms with Gasteiger partial charge < -0.3 is 14.4 Å². The summed E-state index contributed by atoms with van der Waals surface area (Å²) in [5.74, 6) is 0.981. The molecule has 0 radical (unpaired) electrons. The molecule has 4 heteroatoms. The first-order valence-electron chi connectivity index (χ1n) is 8.06. The number of piperidine rings is 1. The van der Waals surface area contributed by atoms with Crippen molar-refractivity contribution in [2.45, 2.75) is 26.3 Å². The van der Waals surface area contributed by atoms with Gasteiger partial charge in [-0.15, -0.1) is 0 Å². The molecule has 0 aliphatic carbocycles. The van der Waals surface area contributed by atoms with Gasteiger partial charge in [0, 0.05) is 18.4 Å². The van der Waals surface area contributed by atoms with Gasteiger partial charge in [0.25, 0.3) is 0 Å². The van der Waals surface area contributed by atoms with Gasteiger partial charge in [0.2, 0.25) is 0 Å². The van der Waals surface area contributed by atoms with Crippen LogP contribution in [0, 0.1) is 5.92 Å². The first-order chi connectivity index (χ1) is 10.7. The third kappa shape index (κ3) is 4.60. The molecule has 1 aliphatic rings. The van der Waals surface area contributed by atoms with Crippen LogP contribution in [0.2, 0.25) is 0 Å². The number of carbonyl (C=O) groups excluding carboxylic acids is 1. The Morgan fingerprint density at radius 2 is 2.09 bits per heavy atom. The predicted octanol–water partition coefficient (Wildman–Crippen LogP) is 1.61. The number of quaternary nitrogens is 1. The molecule has 1 aliphatic heterocycles. The number of likely N-dealkylation sites (tertiary alicyclic amines) is 1. The van der Waals surface area contributed by atoms with Crippen LogP contribution in [0.1, 0.15) is 25.3 Å². The highest BCUT2D eigenvalue weighted by Crippen LogP contribution is 2.18. The average Bonchev–Trinajstić information content (AvgIpc) is 2.55. The summed E-state index contributed by atoms with van der Waals surface area (Å²) in [6.07, 6.45) is 3.57. The number of hydrogen-bond acceptors (Lipinski definition) is 3. The molecule has 2 rings (SSSR count). The van der Waals surface area contributed by atoms with Crippen LogP contribution < -0.4 is 9.64 Å². The second-order valence-electron chi connectivity index (χ2n) is 5.66. The van der Waals surface area contributed by atoms with Crippen molar-refractivity contribution in [1.82, 2.24) is 0 Å². The van der Waals surface area contributed by atoms with Crippen molar-refractivity contribution in [3.8, 4) is 5.75 Å². The molecule has 1 heterocycles. The number of carbonyl (C=O) groups is 1. The van der Waals surface area contributed by atoms with Gasteiger partial charge in [-0.1, -0.05) is 24.8 Å². The summed E-state index contributed by atoms with van der Waals surface area (Å²) in [5.41, 5.74) is 1.22. The fourth-order valence-corrected chi connectivity index (χ4v) is 2.91. The highest BCUT2D eigenvalue weighted by molar-refractivity contribution is 5.72. The summed E-state index contributed by atoms with van der Waals surface area (Å²) < 4.78 is 10.8. The molecule has 120 valence electrons. The van der Waals surface area contributed by atoms with E-state index in [-0.39, 0.29) is 11.9 Å². The fraction of sp³-hybridized carbons (Fsp3) is 0.500. The normalized spacial score (nSPS) is 21.1. The summed E-state index contributed by atoms with van der Waals surface area (Å²) in [5, 5.41) is 0. The summed E-state index contributed by atoms with van der Waals surface area (Å²) in [7, 11) is 0. The fourth-order valence-electron chi connectivity index (χ4n) is 2.91. The number of rotatable bonds is 7. The smallest absolute Gasteiger partial charge is 0.309 e. The first-order valence-corrected chi connectivity index (χ1v) is 8.06. The van der Waals surface area contributed by atoms with E-state index in [4.69, 9.17) is 9.47 Å². The van der Waals surface area contributed by atoms with E-state index in [1.54, 1.807) is 6.08 Å². The summed E-state index contributed by atoms with van der Waals surface area (Å²) in [6, 6.07) is 8.15. The van der Waals surface area contributed by atoms with E-state index in [9.17, 15) is 4.79 Å². The van der Waals surface area contributed by atoms with E-state index in [1.165, 1.54) is 10.5 Å². The van der Waals surface area contributed by atoms with Crippen molar-refractivity contribution in [3.63, 3.8) is 0 Å². The number of hydrogen-bond donors (Lipinski definition) is 1. The minimum absolute atomic E-state index is 0.0312. The molecule has 0 saturated carbocycles. The lowest BCUT2D eigenvalue weighted by molar-refractivity contribution is -0.919. The minimum Gasteiger partial charge on any atom is -0.489 e. The number of benzene rings is 1. The Kier molecular flexibility index (Phi) is 6.46. The molecule has 0 amide bonds. The Labute approximate surface area is 132 Å². The van der Waals surface area contributed by atoms with Crippen molar-refractivity contribution in [3.05, 3.63) is 42.5 Å². The van der Waals surface area contributed by atoms with Crippen LogP contribution in [0.3, 0.4) is 0 Å². The third-order valence-electron chi connectivity index (χ3n) is 4.08. The highest BCUT2D eigenvalue weighted by atomic mass is 16.5. The van der Waals surface area contributed by atoms with Gasteiger partial charge in [0.05, 0.1) is 25.6 Å². The van der Waals surface area contributed by atoms with Crippen LogP contribution in [0.5, 0.6) is 5.75 Å². The molecule has 0 unspecified atom stereocenters. The first kappa shape index (κ1) is 16.6. The van der Waals surface area contributed by atoms with E-state index >= 15 is 0 Å². The Bertz CT molecular complexity index is 493. The van der Waals surface area contributed by atoms with Gasteiger partial charge in [0.15, 0.2) is 0 Å². The molecule has 0 aromatic heterocycles. The van der Waals surface area contributed by atoms with E-state index in [0.29, 0.717) is 13.2 Å². The standard InChI is InChI=1S/C18H25NO3/c1-3-13-22-17-8-6-5-7-16(17)14-19-11-9-15(10-12-19)18(20)21-4-2/h3,5-8,15H,1,4,9-14H2,2H3/p+1. The maximum absolute atomic E-state index is 11.8. The van der Waals surface area contributed by atoms with Crippen molar-refractivity contribution in [2.24, 2.45) is 5.92 Å². The molecule has 1 fully saturated rings. The zero-order valence-electron chi connectivity index (χ0n) is 13.3. The van der Waals surface area contributed by atoms with Crippen LogP contribution in [-0.2, 0) is 16.1 Å². The molecule has 22 heavy (non-hydrogen) atoms. The summed E-state index contributed by atoms with van der Waals surface area (Å²) in [6.45, 7) is 9.48. The Morgan fingerprint density at radius 1 is 1.36 bits per heavy atom. The Balaban J connectivity index is 1.88. The molecular weight excluding hydrogens is 278 g/mol. The highest BCUT2D eigenvalue weighted by Gasteiger charge is 2.28. The molecule has 0 bridgehead atoms. The van der Waals surface area contributed by atoms with Crippen molar-refractivity contribution in [1.29, 1.82) is 0 Å². The predicted molar refractivity (Wildman–Crippen MR) is 85.9 cm³/mol. The zero-order chi connectivity index (χ0) is 15.8. The number of nitrogens with one attached hydrogen (secondary N) is 1. The monoisotopic (exact) mass is 304 g/mol. The van der Waals surface area contributed by atoms with Crippen LogP contribution in [0.25, 0.3) is 0 Å². The number of para-hydroxylation sites is 1. The largest absolute Gasteiger partial charge is 0.489 e. The van der Waals surface area contributed by atoms with Crippen LogP contribution in [0.15, 0.2) is 36.9 Å². The van der Waals surface area contributed by atoms with Crippen LogP contribution >= 0.6 is 0 Å². The van der Waals surface area contributed by atoms with E-state index in [0.717, 1.165) is 38.2 Å². The van der Waals surface area contributed by atoms with Gasteiger partial charge in [-0.05, 0) is 19.1 Å². The SMILES string of the molecule is C=CCOc1ccccc1C[NH+]1CCC(C(=O)OCC)CC1. The second kappa shape index (κ2) is 8.59. The van der Waals surface area contributed by atoms with E-state index in [1.807, 2.05) is 25.1 Å². The average molecular weight is 304 g/mol. The maximum atomic E-state index is 11.8. The van der Waals surface area contributed by atoms with Crippen molar-refractivity contribution >= 4 is 5.97 Å². The molecule has 1 aromatic carbocycles. The van der Waals surface area contributed by atoms with Crippen molar-refractivity contribution < 1.29 is 19.2 Å². The maximum Gasteiger partial charge on any atom is 0.309 e. The van der Waals surface area contributed by atoms with E-state index in [2.05, 4.69) is 12.6 Å². The van der Waals surface area contributed by atoms with Crippen molar-refractivity contribution in [2.75, 3.05) is 26.3 Å². The number of ether oxygens (including phenoxy) is 2. The van der Waals surface area contributed by atoms with Gasteiger partial charge >= 0.3 is 5.97 Å². The second-order valence-corrected chi connectivity index (χ2v) is 5.66. The summed E-state index contributed by atoms with van der Waals surface area (Å²) in [4.78, 5) is 13.3. The Hall–Kier alpha value is -1.81. The number of esters is 1. The summed E-state index contributed by atoms with van der Waals surface area (Å²) >= 11 is 0. The quantitative estimate of drug-likeness (QED) is 0.614. The Morgan fingerprint density at radius 3 is 2.77 bits per heavy atom. The minimum atomic E-state index is -0.0312.